The molecule has 12 aromatic rings. The van der Waals surface area contributed by atoms with Crippen molar-refractivity contribution in [2.75, 3.05) is 0 Å². The fraction of sp³-hybridized carbons (Fsp3) is 0.209. The second kappa shape index (κ2) is 32.5. The average Bonchev–Trinajstić information content (AvgIpc) is 0.883. The van der Waals surface area contributed by atoms with Gasteiger partial charge in [0.1, 0.15) is 28.2 Å². The van der Waals surface area contributed by atoms with E-state index in [1.807, 2.05) is 38.2 Å². The van der Waals surface area contributed by atoms with Crippen LogP contribution in [-0.4, -0.2) is 0 Å². The molecule has 0 N–H and O–H groups in total. The van der Waals surface area contributed by atoms with Crippen molar-refractivity contribution in [3.8, 4) is 89.5 Å². The van der Waals surface area contributed by atoms with Gasteiger partial charge in [-0.1, -0.05) is 223 Å². The molecule has 8 aromatic carbocycles. The van der Waals surface area contributed by atoms with Crippen LogP contribution in [0.15, 0.2) is 255 Å². The number of nitrogens with zero attached hydrogens (tertiary/aromatic N) is 4. The highest BCUT2D eigenvalue weighted by molar-refractivity contribution is 5.73. The van der Waals surface area contributed by atoms with Gasteiger partial charge in [-0.2, -0.15) is 0 Å². The molecule has 0 aliphatic carbocycles. The highest BCUT2D eigenvalue weighted by Gasteiger charge is 2.21. The van der Waals surface area contributed by atoms with Crippen LogP contribution in [0, 0.1) is 69.2 Å². The summed E-state index contributed by atoms with van der Waals surface area (Å²) in [7, 11) is 8.39. The van der Waals surface area contributed by atoms with Gasteiger partial charge in [-0.25, -0.2) is 18.3 Å². The van der Waals surface area contributed by atoms with Crippen molar-refractivity contribution < 1.29 is 22.4 Å². The third-order valence-electron chi connectivity index (χ3n) is 16.3. The standard InChI is InChI=1S/2C21H22N.2C20H20N.4CH4/c2*1-15-10-11-19(16(2)12-15)21-13-17(3)20(14-22(21)4)18-8-6-5-7-9-18;2*1-15-9-7-8-12-18(15)20-13-16(2)19(14-21(20)3)17-10-5-4-6-11-17;;;;/h2*5-14H,1-4H3;2*4-14H,1-3H3;4*1H4/q4*+1;;;;/i1D3;;;;;;;. The van der Waals surface area contributed by atoms with Crippen molar-refractivity contribution in [3.05, 3.63) is 311 Å². The van der Waals surface area contributed by atoms with E-state index in [1.54, 1.807) is 12.1 Å². The Hall–Kier alpha value is -9.64. The molecular weight excluding hydrogens is 1090 g/mol. The number of aryl methyl sites for hydroxylation is 14. The first-order valence-electron chi connectivity index (χ1n) is 31.2. The molecule has 0 unspecified atom stereocenters. The summed E-state index contributed by atoms with van der Waals surface area (Å²) < 4.78 is 31.5. The molecule has 90 heavy (non-hydrogen) atoms. The highest BCUT2D eigenvalue weighted by Crippen LogP contribution is 2.32. The first-order valence-corrected chi connectivity index (χ1v) is 29.7. The lowest BCUT2D eigenvalue weighted by Crippen LogP contribution is -2.31. The van der Waals surface area contributed by atoms with Crippen molar-refractivity contribution in [2.24, 2.45) is 28.2 Å². The summed E-state index contributed by atoms with van der Waals surface area (Å²) >= 11 is 0. The largest absolute Gasteiger partial charge is 0.212 e. The average molecular weight is 1190 g/mol. The lowest BCUT2D eigenvalue weighted by atomic mass is 9.97. The monoisotopic (exact) mass is 1190 g/mol. The number of rotatable bonds is 8. The van der Waals surface area contributed by atoms with Crippen LogP contribution in [0.2, 0.25) is 0 Å². The molecule has 0 atom stereocenters. The van der Waals surface area contributed by atoms with Crippen LogP contribution in [0.3, 0.4) is 0 Å². The minimum absolute atomic E-state index is 0. The van der Waals surface area contributed by atoms with Crippen LogP contribution in [-0.2, 0) is 28.2 Å². The maximum absolute atomic E-state index is 7.57. The van der Waals surface area contributed by atoms with Gasteiger partial charge in [0, 0.05) is 72.9 Å². The topological polar surface area (TPSA) is 15.5 Å². The Kier molecular flexibility index (Phi) is 24.0. The van der Waals surface area contributed by atoms with Gasteiger partial charge in [0.05, 0.1) is 0 Å². The van der Waals surface area contributed by atoms with Crippen LogP contribution >= 0.6 is 0 Å². The van der Waals surface area contributed by atoms with Gasteiger partial charge in [-0.05, 0) is 160 Å². The summed E-state index contributed by atoms with van der Waals surface area (Å²) in [5, 5.41) is 0. The molecule has 0 spiro atoms. The zero-order valence-electron chi connectivity index (χ0n) is 55.5. The van der Waals surface area contributed by atoms with Crippen LogP contribution < -0.4 is 18.3 Å². The van der Waals surface area contributed by atoms with E-state index in [4.69, 9.17) is 4.11 Å². The third-order valence-corrected chi connectivity index (χ3v) is 16.3. The quantitative estimate of drug-likeness (QED) is 0.135. The molecule has 0 aliphatic heterocycles. The van der Waals surface area contributed by atoms with Gasteiger partial charge >= 0.3 is 0 Å². The Morgan fingerprint density at radius 3 is 0.700 bits per heavy atom. The van der Waals surface area contributed by atoms with Gasteiger partial charge in [0.25, 0.3) is 0 Å². The number of aromatic nitrogens is 4. The summed E-state index contributed by atoms with van der Waals surface area (Å²) in [6.07, 6.45) is 8.83. The maximum Gasteiger partial charge on any atom is 0.212 e. The molecular formula is C86H100N4+4. The Balaban J connectivity index is 0.000000222. The van der Waals surface area contributed by atoms with Gasteiger partial charge < -0.3 is 0 Å². The van der Waals surface area contributed by atoms with E-state index in [0.29, 0.717) is 5.56 Å². The van der Waals surface area contributed by atoms with E-state index >= 15 is 0 Å². The van der Waals surface area contributed by atoms with Crippen LogP contribution in [0.4, 0.5) is 0 Å². The van der Waals surface area contributed by atoms with Gasteiger partial charge in [-0.3, -0.25) is 0 Å². The molecule has 0 saturated carbocycles. The van der Waals surface area contributed by atoms with E-state index in [0.717, 1.165) is 16.8 Å². The number of hydrogen-bond donors (Lipinski definition) is 0. The zero-order valence-corrected chi connectivity index (χ0v) is 52.5. The van der Waals surface area contributed by atoms with Crippen molar-refractivity contribution in [1.82, 2.24) is 0 Å². The second-order valence-electron chi connectivity index (χ2n) is 22.9. The van der Waals surface area contributed by atoms with E-state index in [1.165, 1.54) is 123 Å². The van der Waals surface area contributed by atoms with Crippen LogP contribution in [0.5, 0.6) is 0 Å². The van der Waals surface area contributed by atoms with Gasteiger partial charge in [0.2, 0.25) is 22.8 Å². The van der Waals surface area contributed by atoms with E-state index in [2.05, 4.69) is 314 Å². The fourth-order valence-electron chi connectivity index (χ4n) is 11.5. The number of pyridine rings is 4. The summed E-state index contributed by atoms with van der Waals surface area (Å²) in [6.45, 7) is 17.2. The lowest BCUT2D eigenvalue weighted by molar-refractivity contribution is -0.660. The molecule has 4 nitrogen and oxygen atoms in total. The molecule has 4 heteroatoms. The molecule has 0 radical (unpaired) electrons. The third kappa shape index (κ3) is 16.9. The summed E-state index contributed by atoms with van der Waals surface area (Å²) in [5.74, 6) is 0. The predicted molar refractivity (Wildman–Crippen MR) is 388 cm³/mol. The SMILES string of the molecule is C.C.C.C.Cc1cc(-c2ccccc2C)[n+](C)cc1-c1ccccc1.Cc1cc(-c2ccccc2C)[n+](C)cc1-c1ccccc1.Cc1ccc(-c2cc(C)c(-c3ccccc3)c[n+]2C)c(C)c1.[2H]C([2H])([2H])c1ccc(-c2cc(C)c(-c3ccccc3)c[n+]2C)c(C)c1. The van der Waals surface area contributed by atoms with Crippen molar-refractivity contribution in [2.45, 2.75) is 98.9 Å². The predicted octanol–water partition coefficient (Wildman–Crippen LogP) is 21.0. The summed E-state index contributed by atoms with van der Waals surface area (Å²) in [5.41, 5.74) is 31.5. The van der Waals surface area contributed by atoms with Gasteiger partial charge in [0.15, 0.2) is 24.8 Å². The molecule has 4 aromatic heterocycles. The van der Waals surface area contributed by atoms with Crippen molar-refractivity contribution >= 4 is 0 Å². The zero-order chi connectivity index (χ0) is 63.5. The Morgan fingerprint density at radius 2 is 0.444 bits per heavy atom. The summed E-state index contributed by atoms with van der Waals surface area (Å²) in [4.78, 5) is 0. The lowest BCUT2D eigenvalue weighted by Gasteiger charge is -2.10. The van der Waals surface area contributed by atoms with Crippen LogP contribution in [0.25, 0.3) is 89.5 Å². The second-order valence-corrected chi connectivity index (χ2v) is 22.9. The minimum Gasteiger partial charge on any atom is -0.200 e. The number of hydrogen-bond acceptors (Lipinski definition) is 0. The minimum atomic E-state index is -2.07. The number of benzene rings is 8. The van der Waals surface area contributed by atoms with E-state index in [9.17, 15) is 0 Å². The molecule has 0 aliphatic rings. The smallest absolute Gasteiger partial charge is 0.200 e. The molecule has 0 saturated heterocycles. The Bertz CT molecular complexity index is 4280. The molecule has 460 valence electrons. The van der Waals surface area contributed by atoms with Gasteiger partial charge in [-0.15, -0.1) is 0 Å². The van der Waals surface area contributed by atoms with E-state index in [-0.39, 0.29) is 29.7 Å². The molecule has 0 fully saturated rings. The summed E-state index contributed by atoms with van der Waals surface area (Å²) in [6, 6.07) is 80.1. The molecule has 0 bridgehead atoms. The molecule has 4 heterocycles. The fourth-order valence-corrected chi connectivity index (χ4v) is 11.5. The van der Waals surface area contributed by atoms with Crippen LogP contribution in [0.1, 0.15) is 89.5 Å². The highest BCUT2D eigenvalue weighted by atomic mass is 14.9. The first-order chi connectivity index (χ1) is 42.7. The molecule has 12 rings (SSSR count). The van der Waals surface area contributed by atoms with Crippen molar-refractivity contribution in [1.29, 1.82) is 0 Å². The van der Waals surface area contributed by atoms with Crippen molar-refractivity contribution in [3.63, 3.8) is 0 Å². The Morgan fingerprint density at radius 1 is 0.222 bits per heavy atom. The normalized spacial score (nSPS) is 10.8. The maximum atomic E-state index is 7.57. The van der Waals surface area contributed by atoms with E-state index < -0.39 is 6.85 Å². The Labute approximate surface area is 547 Å². The molecule has 0 amide bonds. The first kappa shape index (κ1) is 66.3.